The van der Waals surface area contributed by atoms with Gasteiger partial charge in [0, 0.05) is 0 Å². The topological polar surface area (TPSA) is 91.7 Å². The predicted octanol–water partition coefficient (Wildman–Crippen LogP) is 0.417. The lowest BCUT2D eigenvalue weighted by Gasteiger charge is -1.81. The van der Waals surface area contributed by atoms with Crippen molar-refractivity contribution in [1.29, 1.82) is 0 Å². The molecule has 0 spiro atoms. The second-order valence-electron chi connectivity index (χ2n) is 2.14. The zero-order valence-corrected chi connectivity index (χ0v) is 6.67. The lowest BCUT2D eigenvalue weighted by molar-refractivity contribution is 0.137. The molecule has 2 N–H and O–H groups in total. The maximum atomic E-state index is 10.4. The molecule has 1 rings (SSSR count). The Kier molecular flexibility index (Phi) is 3.88. The first-order valence-electron chi connectivity index (χ1n) is 3.06. The first kappa shape index (κ1) is 10.2. The molecule has 0 aromatic rings. The highest BCUT2D eigenvalue weighted by atomic mass is 32.2. The maximum absolute atomic E-state index is 10.4. The molecule has 0 atom stereocenters. The Bertz CT molecular complexity index is 201. The summed E-state index contributed by atoms with van der Waals surface area (Å²) in [7, 11) is -2.55. The van der Waals surface area contributed by atoms with Crippen LogP contribution in [0, 0.1) is 0 Å². The van der Waals surface area contributed by atoms with Crippen molar-refractivity contribution in [1.82, 2.24) is 0 Å². The van der Waals surface area contributed by atoms with E-state index >= 15 is 0 Å². The van der Waals surface area contributed by atoms with Gasteiger partial charge in [0.25, 0.3) is 0 Å². The molecule has 0 amide bonds. The van der Waals surface area contributed by atoms with E-state index in [4.69, 9.17) is 15.0 Å². The summed E-state index contributed by atoms with van der Waals surface area (Å²) in [4.78, 5) is 8.56. The molecule has 11 heavy (non-hydrogen) atoms. The van der Waals surface area contributed by atoms with Crippen LogP contribution in [0.3, 0.4) is 0 Å². The molecule has 1 heterocycles. The smallest absolute Gasteiger partial charge is 0.450 e. The van der Waals surface area contributed by atoms with Crippen molar-refractivity contribution in [3.8, 4) is 0 Å². The van der Waals surface area contributed by atoms with Gasteiger partial charge in [-0.05, 0) is 12.8 Å². The zero-order valence-electron chi connectivity index (χ0n) is 5.86. The van der Waals surface area contributed by atoms with Gasteiger partial charge >= 0.3 is 6.16 Å². The first-order valence-corrected chi connectivity index (χ1v) is 4.88. The van der Waals surface area contributed by atoms with Gasteiger partial charge in [0.2, 0.25) is 0 Å². The minimum atomic E-state index is -2.55. The highest BCUT2D eigenvalue weighted by Crippen LogP contribution is 2.08. The summed E-state index contributed by atoms with van der Waals surface area (Å²) in [5.74, 6) is 0.847. The number of carboxylic acid groups (broad SMARTS) is 2. The Morgan fingerprint density at radius 3 is 1.45 bits per heavy atom. The van der Waals surface area contributed by atoms with E-state index < -0.39 is 16.0 Å². The molecular formula is C5H10O5S. The van der Waals surface area contributed by atoms with Crippen LogP contribution in [0.15, 0.2) is 0 Å². The minimum Gasteiger partial charge on any atom is -0.450 e. The zero-order chi connectivity index (χ0) is 8.91. The molecule has 1 fully saturated rings. The molecule has 0 aromatic carbocycles. The summed E-state index contributed by atoms with van der Waals surface area (Å²) >= 11 is 0. The van der Waals surface area contributed by atoms with E-state index in [1.165, 1.54) is 0 Å². The van der Waals surface area contributed by atoms with E-state index in [0.29, 0.717) is 11.5 Å². The van der Waals surface area contributed by atoms with Gasteiger partial charge in [-0.15, -0.1) is 0 Å². The maximum Gasteiger partial charge on any atom is 0.503 e. The van der Waals surface area contributed by atoms with Crippen molar-refractivity contribution in [3.05, 3.63) is 0 Å². The van der Waals surface area contributed by atoms with E-state index in [-0.39, 0.29) is 0 Å². The minimum absolute atomic E-state index is 0.424. The molecule has 0 aliphatic carbocycles. The molecule has 0 bridgehead atoms. The fraction of sp³-hybridized carbons (Fsp3) is 0.800. The number of hydrogen-bond donors (Lipinski definition) is 2. The van der Waals surface area contributed by atoms with Crippen LogP contribution >= 0.6 is 0 Å². The van der Waals surface area contributed by atoms with Crippen molar-refractivity contribution in [3.63, 3.8) is 0 Å². The Morgan fingerprint density at radius 2 is 1.36 bits per heavy atom. The van der Waals surface area contributed by atoms with Crippen LogP contribution in [-0.2, 0) is 9.84 Å². The van der Waals surface area contributed by atoms with E-state index in [0.717, 1.165) is 12.8 Å². The van der Waals surface area contributed by atoms with E-state index in [1.54, 1.807) is 0 Å². The molecule has 5 nitrogen and oxygen atoms in total. The molecule has 1 saturated heterocycles. The van der Waals surface area contributed by atoms with Crippen LogP contribution in [0.2, 0.25) is 0 Å². The summed E-state index contributed by atoms with van der Waals surface area (Å²) in [5, 5.41) is 13.9. The first-order chi connectivity index (χ1) is 4.94. The number of carbonyl (C=O) groups is 1. The van der Waals surface area contributed by atoms with Crippen LogP contribution < -0.4 is 0 Å². The predicted molar refractivity (Wildman–Crippen MR) is 38.5 cm³/mol. The van der Waals surface area contributed by atoms with Gasteiger partial charge in [0.1, 0.15) is 9.84 Å². The Balaban J connectivity index is 0.000000218. The van der Waals surface area contributed by atoms with Gasteiger partial charge < -0.3 is 10.2 Å². The molecule has 0 radical (unpaired) electrons. The van der Waals surface area contributed by atoms with Crippen molar-refractivity contribution >= 4 is 16.0 Å². The van der Waals surface area contributed by atoms with Crippen molar-refractivity contribution < 1.29 is 23.4 Å². The average Bonchev–Trinajstić information content (AvgIpc) is 2.11. The lowest BCUT2D eigenvalue weighted by Crippen LogP contribution is -1.98. The van der Waals surface area contributed by atoms with Crippen LogP contribution in [-0.4, -0.2) is 36.3 Å². The lowest BCUT2D eigenvalue weighted by atomic mass is 10.4. The number of hydrogen-bond acceptors (Lipinski definition) is 3. The van der Waals surface area contributed by atoms with Gasteiger partial charge in [-0.2, -0.15) is 0 Å². The van der Waals surface area contributed by atoms with Crippen LogP contribution in [0.4, 0.5) is 4.79 Å². The summed E-state index contributed by atoms with van der Waals surface area (Å²) in [6.45, 7) is 0. The SMILES string of the molecule is O=C(O)O.O=S1(=O)CCCC1. The fourth-order valence-electron chi connectivity index (χ4n) is 0.746. The normalized spacial score (nSPS) is 20.0. The van der Waals surface area contributed by atoms with E-state index in [2.05, 4.69) is 0 Å². The number of sulfone groups is 1. The average molecular weight is 182 g/mol. The van der Waals surface area contributed by atoms with Gasteiger partial charge in [-0.1, -0.05) is 0 Å². The summed E-state index contributed by atoms with van der Waals surface area (Å²) in [5.41, 5.74) is 0. The van der Waals surface area contributed by atoms with Gasteiger partial charge in [0.15, 0.2) is 0 Å². The molecule has 0 aromatic heterocycles. The monoisotopic (exact) mass is 182 g/mol. The van der Waals surface area contributed by atoms with Crippen LogP contribution in [0.1, 0.15) is 12.8 Å². The Labute approximate surface area is 64.6 Å². The second-order valence-corrected chi connectivity index (χ2v) is 4.45. The largest absolute Gasteiger partial charge is 0.503 e. The highest BCUT2D eigenvalue weighted by molar-refractivity contribution is 7.91. The molecule has 0 unspecified atom stereocenters. The summed E-state index contributed by atoms with van der Waals surface area (Å²) in [6.07, 6.45) is -0.0787. The molecule has 66 valence electrons. The van der Waals surface area contributed by atoms with Crippen molar-refractivity contribution in [2.24, 2.45) is 0 Å². The quantitative estimate of drug-likeness (QED) is 0.566. The van der Waals surface area contributed by atoms with Gasteiger partial charge in [-0.25, -0.2) is 13.2 Å². The summed E-state index contributed by atoms with van der Waals surface area (Å²) < 4.78 is 20.9. The standard InChI is InChI=1S/C4H8O2S.CH2O3/c5-7(6)3-1-2-4-7;2-1(3)4/h1-4H2;(H2,2,3,4). The Hall–Kier alpha value is -0.780. The Morgan fingerprint density at radius 1 is 1.09 bits per heavy atom. The van der Waals surface area contributed by atoms with Gasteiger partial charge in [0.05, 0.1) is 11.5 Å². The van der Waals surface area contributed by atoms with Crippen LogP contribution in [0.5, 0.6) is 0 Å². The fourth-order valence-corrected chi connectivity index (χ4v) is 2.24. The number of rotatable bonds is 0. The molecule has 1 aliphatic rings. The third-order valence-electron chi connectivity index (χ3n) is 1.16. The third kappa shape index (κ3) is 7.11. The summed E-state index contributed by atoms with van der Waals surface area (Å²) in [6, 6.07) is 0. The van der Waals surface area contributed by atoms with Crippen molar-refractivity contribution in [2.75, 3.05) is 11.5 Å². The third-order valence-corrected chi connectivity index (χ3v) is 2.98. The molecule has 6 heteroatoms. The van der Waals surface area contributed by atoms with E-state index in [9.17, 15) is 8.42 Å². The highest BCUT2D eigenvalue weighted by Gasteiger charge is 2.16. The second kappa shape index (κ2) is 4.17. The molecule has 0 saturated carbocycles. The molecule has 1 aliphatic heterocycles. The van der Waals surface area contributed by atoms with Crippen LogP contribution in [0.25, 0.3) is 0 Å². The van der Waals surface area contributed by atoms with E-state index in [1.807, 2.05) is 0 Å². The molecular weight excluding hydrogens is 172 g/mol. The van der Waals surface area contributed by atoms with Gasteiger partial charge in [-0.3, -0.25) is 0 Å². The van der Waals surface area contributed by atoms with Crippen molar-refractivity contribution in [2.45, 2.75) is 12.8 Å².